The van der Waals surface area contributed by atoms with Crippen molar-refractivity contribution in [3.63, 3.8) is 0 Å². The Morgan fingerprint density at radius 2 is 1.89 bits per heavy atom. The van der Waals surface area contributed by atoms with Gasteiger partial charge >= 0.3 is 0 Å². The Labute approximate surface area is 108 Å². The molecule has 4 heteroatoms. The molecule has 2 nitrogen and oxygen atoms in total. The summed E-state index contributed by atoms with van der Waals surface area (Å²) < 4.78 is 31.6. The molecule has 3 rings (SSSR count). The summed E-state index contributed by atoms with van der Waals surface area (Å²) in [5.74, 6) is -1.19. The number of hydrogen-bond donors (Lipinski definition) is 1. The van der Waals surface area contributed by atoms with Crippen LogP contribution in [0, 0.1) is 11.6 Å². The van der Waals surface area contributed by atoms with Gasteiger partial charge in [0.15, 0.2) is 0 Å². The SMILES string of the molecule is Fc1ccc(NCc2coc3ccccc23)c(F)c1. The number of benzene rings is 2. The van der Waals surface area contributed by atoms with E-state index < -0.39 is 11.6 Å². The first-order chi connectivity index (χ1) is 9.24. The van der Waals surface area contributed by atoms with Crippen LogP contribution in [-0.4, -0.2) is 0 Å². The van der Waals surface area contributed by atoms with Crippen molar-refractivity contribution in [2.45, 2.75) is 6.54 Å². The molecule has 0 unspecified atom stereocenters. The van der Waals surface area contributed by atoms with Crippen LogP contribution in [0.4, 0.5) is 14.5 Å². The van der Waals surface area contributed by atoms with Gasteiger partial charge in [-0.2, -0.15) is 0 Å². The highest BCUT2D eigenvalue weighted by Crippen LogP contribution is 2.22. The molecule has 0 aliphatic heterocycles. The zero-order chi connectivity index (χ0) is 13.2. The molecule has 96 valence electrons. The molecule has 3 aromatic rings. The Balaban J connectivity index is 1.82. The average Bonchev–Trinajstić information content (AvgIpc) is 2.81. The number of furan rings is 1. The summed E-state index contributed by atoms with van der Waals surface area (Å²) in [6.45, 7) is 0.416. The quantitative estimate of drug-likeness (QED) is 0.757. The largest absolute Gasteiger partial charge is 0.464 e. The van der Waals surface area contributed by atoms with E-state index in [1.807, 2.05) is 24.3 Å². The molecule has 0 amide bonds. The van der Waals surface area contributed by atoms with E-state index in [0.717, 1.165) is 22.6 Å². The number of para-hydroxylation sites is 1. The predicted octanol–water partition coefficient (Wildman–Crippen LogP) is 4.32. The van der Waals surface area contributed by atoms with E-state index in [2.05, 4.69) is 5.32 Å². The van der Waals surface area contributed by atoms with Crippen LogP contribution in [0.3, 0.4) is 0 Å². The van der Waals surface area contributed by atoms with Crippen LogP contribution < -0.4 is 5.32 Å². The van der Waals surface area contributed by atoms with Crippen molar-refractivity contribution < 1.29 is 13.2 Å². The Morgan fingerprint density at radius 3 is 2.74 bits per heavy atom. The minimum atomic E-state index is -0.604. The van der Waals surface area contributed by atoms with E-state index >= 15 is 0 Å². The molecule has 0 radical (unpaired) electrons. The second kappa shape index (κ2) is 4.72. The lowest BCUT2D eigenvalue weighted by molar-refractivity contribution is 0.584. The van der Waals surface area contributed by atoms with Crippen LogP contribution in [0.1, 0.15) is 5.56 Å². The van der Waals surface area contributed by atoms with Crippen LogP contribution in [-0.2, 0) is 6.54 Å². The van der Waals surface area contributed by atoms with Crippen molar-refractivity contribution in [1.82, 2.24) is 0 Å². The minimum absolute atomic E-state index is 0.270. The molecule has 0 fully saturated rings. The number of rotatable bonds is 3. The average molecular weight is 259 g/mol. The van der Waals surface area contributed by atoms with Crippen molar-refractivity contribution >= 4 is 16.7 Å². The van der Waals surface area contributed by atoms with Gasteiger partial charge in [0.2, 0.25) is 0 Å². The molecule has 1 N–H and O–H groups in total. The Bertz CT molecular complexity index is 721. The third-order valence-electron chi connectivity index (χ3n) is 2.96. The molecule has 0 aliphatic carbocycles. The van der Waals surface area contributed by atoms with Gasteiger partial charge in [0.25, 0.3) is 0 Å². The number of hydrogen-bond acceptors (Lipinski definition) is 2. The molecule has 0 saturated heterocycles. The van der Waals surface area contributed by atoms with Crippen molar-refractivity contribution in [2.75, 3.05) is 5.32 Å². The monoisotopic (exact) mass is 259 g/mol. The van der Waals surface area contributed by atoms with Gasteiger partial charge in [-0.3, -0.25) is 0 Å². The third-order valence-corrected chi connectivity index (χ3v) is 2.96. The van der Waals surface area contributed by atoms with Crippen LogP contribution in [0.2, 0.25) is 0 Å². The topological polar surface area (TPSA) is 25.2 Å². The molecule has 2 aromatic carbocycles. The smallest absolute Gasteiger partial charge is 0.149 e. The Hall–Kier alpha value is -2.36. The zero-order valence-electron chi connectivity index (χ0n) is 9.99. The molecule has 0 saturated carbocycles. The maximum atomic E-state index is 13.5. The zero-order valence-corrected chi connectivity index (χ0v) is 9.99. The van der Waals surface area contributed by atoms with Crippen LogP contribution in [0.15, 0.2) is 53.1 Å². The predicted molar refractivity (Wildman–Crippen MR) is 69.9 cm³/mol. The van der Waals surface area contributed by atoms with Crippen molar-refractivity contribution in [3.8, 4) is 0 Å². The second-order valence-electron chi connectivity index (χ2n) is 4.23. The molecule has 1 aromatic heterocycles. The van der Waals surface area contributed by atoms with E-state index in [0.29, 0.717) is 6.54 Å². The van der Waals surface area contributed by atoms with Crippen molar-refractivity contribution in [3.05, 3.63) is 65.9 Å². The molecule has 19 heavy (non-hydrogen) atoms. The van der Waals surface area contributed by atoms with Gasteiger partial charge in [0.05, 0.1) is 12.0 Å². The number of nitrogens with one attached hydrogen (secondary N) is 1. The lowest BCUT2D eigenvalue weighted by Crippen LogP contribution is -2.01. The fourth-order valence-corrected chi connectivity index (χ4v) is 1.99. The molecular weight excluding hydrogens is 248 g/mol. The summed E-state index contributed by atoms with van der Waals surface area (Å²) >= 11 is 0. The van der Waals surface area contributed by atoms with Gasteiger partial charge in [-0.05, 0) is 18.2 Å². The van der Waals surface area contributed by atoms with E-state index in [1.54, 1.807) is 6.26 Å². The number of anilines is 1. The van der Waals surface area contributed by atoms with Crippen molar-refractivity contribution in [1.29, 1.82) is 0 Å². The highest BCUT2D eigenvalue weighted by molar-refractivity contribution is 5.81. The standard InChI is InChI=1S/C15H11F2NO/c16-11-5-6-14(13(17)7-11)18-8-10-9-19-15-4-2-1-3-12(10)15/h1-7,9,18H,8H2. The summed E-state index contributed by atoms with van der Waals surface area (Å²) in [4.78, 5) is 0. The molecule has 1 heterocycles. The number of fused-ring (bicyclic) bond motifs is 1. The summed E-state index contributed by atoms with van der Waals surface area (Å²) in [5.41, 5.74) is 1.99. The molecule has 0 atom stereocenters. The highest BCUT2D eigenvalue weighted by atomic mass is 19.1. The Kier molecular flexibility index (Phi) is 2.91. The minimum Gasteiger partial charge on any atom is -0.464 e. The summed E-state index contributed by atoms with van der Waals surface area (Å²) in [5, 5.41) is 3.92. The number of halogens is 2. The first-order valence-electron chi connectivity index (χ1n) is 5.88. The van der Waals surface area contributed by atoms with Crippen LogP contribution in [0.5, 0.6) is 0 Å². The van der Waals surface area contributed by atoms with Crippen LogP contribution >= 0.6 is 0 Å². The molecule has 0 aliphatic rings. The van der Waals surface area contributed by atoms with Gasteiger partial charge in [-0.15, -0.1) is 0 Å². The van der Waals surface area contributed by atoms with E-state index in [9.17, 15) is 8.78 Å². The highest BCUT2D eigenvalue weighted by Gasteiger charge is 2.07. The normalized spacial score (nSPS) is 10.8. The van der Waals surface area contributed by atoms with Gasteiger partial charge < -0.3 is 9.73 Å². The van der Waals surface area contributed by atoms with Gasteiger partial charge in [-0.1, -0.05) is 18.2 Å². The lowest BCUT2D eigenvalue weighted by atomic mass is 10.2. The first kappa shape index (κ1) is 11.7. The van der Waals surface area contributed by atoms with E-state index in [1.165, 1.54) is 12.1 Å². The van der Waals surface area contributed by atoms with Gasteiger partial charge in [-0.25, -0.2) is 8.78 Å². The van der Waals surface area contributed by atoms with E-state index in [4.69, 9.17) is 4.42 Å². The first-order valence-corrected chi connectivity index (χ1v) is 5.88. The van der Waals surface area contributed by atoms with Gasteiger partial charge in [0.1, 0.15) is 17.2 Å². The molecule has 0 bridgehead atoms. The summed E-state index contributed by atoms with van der Waals surface area (Å²) in [6.07, 6.45) is 1.64. The lowest BCUT2D eigenvalue weighted by Gasteiger charge is -2.06. The molecule has 0 spiro atoms. The second-order valence-corrected chi connectivity index (χ2v) is 4.23. The third kappa shape index (κ3) is 2.29. The maximum Gasteiger partial charge on any atom is 0.149 e. The fraction of sp³-hybridized carbons (Fsp3) is 0.0667. The Morgan fingerprint density at radius 1 is 1.05 bits per heavy atom. The maximum absolute atomic E-state index is 13.5. The summed E-state index contributed by atoms with van der Waals surface area (Å²) in [6, 6.07) is 11.1. The van der Waals surface area contributed by atoms with Crippen LogP contribution in [0.25, 0.3) is 11.0 Å². The fourth-order valence-electron chi connectivity index (χ4n) is 1.99. The van der Waals surface area contributed by atoms with Crippen molar-refractivity contribution in [2.24, 2.45) is 0 Å². The van der Waals surface area contributed by atoms with E-state index in [-0.39, 0.29) is 5.69 Å². The molecular formula is C15H11F2NO. The van der Waals surface area contributed by atoms with Gasteiger partial charge in [0, 0.05) is 23.6 Å². The summed E-state index contributed by atoms with van der Waals surface area (Å²) in [7, 11) is 0.